The zero-order valence-electron chi connectivity index (χ0n) is 21.4. The molecule has 0 amide bonds. The van der Waals surface area contributed by atoms with Crippen LogP contribution in [0.5, 0.6) is 5.75 Å². The number of halogens is 3. The third kappa shape index (κ3) is 5.86. The Labute approximate surface area is 219 Å². The summed E-state index contributed by atoms with van der Waals surface area (Å²) in [7, 11) is 1.57. The summed E-state index contributed by atoms with van der Waals surface area (Å²) in [6, 6.07) is 7.27. The molecule has 0 spiro atoms. The maximum Gasteiger partial charge on any atom is 0.309 e. The van der Waals surface area contributed by atoms with Gasteiger partial charge in [0.1, 0.15) is 5.75 Å². The van der Waals surface area contributed by atoms with Crippen LogP contribution in [0.15, 0.2) is 36.5 Å². The second-order valence-corrected chi connectivity index (χ2v) is 9.90. The number of aromatic nitrogens is 1. The molecule has 7 nitrogen and oxygen atoms in total. The number of rotatable bonds is 10. The van der Waals surface area contributed by atoms with Crippen molar-refractivity contribution < 1.29 is 32.9 Å². The number of nitrogens with zero attached hydrogens (tertiary/aromatic N) is 2. The van der Waals surface area contributed by atoms with Crippen LogP contribution >= 0.6 is 0 Å². The standard InChI is InChI=1S/C28H32F3N3O4/c1-17-16-33-23-4-3-19(38-2)15-20(23)25(17)24(35)5-6-28(27(36)37)7-10-34(11-8-28)12-9-32-18-13-21(29)26(31)22(30)14-18/h3-4,13-16,24,32,35H,5-12H2,1-2H3,(H,36,37)/t24-/m0/s1. The van der Waals surface area contributed by atoms with Crippen LogP contribution in [0.2, 0.25) is 0 Å². The topological polar surface area (TPSA) is 94.9 Å². The molecule has 0 radical (unpaired) electrons. The summed E-state index contributed by atoms with van der Waals surface area (Å²) in [4.78, 5) is 18.9. The highest BCUT2D eigenvalue weighted by Gasteiger charge is 2.41. The van der Waals surface area contributed by atoms with E-state index in [1.54, 1.807) is 19.4 Å². The molecular weight excluding hydrogens is 499 g/mol. The summed E-state index contributed by atoms with van der Waals surface area (Å²) in [5, 5.41) is 24.9. The number of methoxy groups -OCH3 is 1. The van der Waals surface area contributed by atoms with E-state index in [1.165, 1.54) is 0 Å². The number of aryl methyl sites for hydroxylation is 1. The van der Waals surface area contributed by atoms with Crippen LogP contribution in [0.1, 0.15) is 42.9 Å². The van der Waals surface area contributed by atoms with Gasteiger partial charge in [-0.05, 0) is 75.0 Å². The Kier molecular flexibility index (Phi) is 8.42. The largest absolute Gasteiger partial charge is 0.497 e. The Morgan fingerprint density at radius 3 is 2.50 bits per heavy atom. The van der Waals surface area contributed by atoms with Crippen molar-refractivity contribution in [3.63, 3.8) is 0 Å². The number of pyridine rings is 1. The summed E-state index contributed by atoms with van der Waals surface area (Å²) in [6.45, 7) is 3.83. The minimum absolute atomic E-state index is 0.142. The normalized spacial score (nSPS) is 16.4. The number of likely N-dealkylation sites (tertiary alicyclic amines) is 1. The molecule has 1 aromatic heterocycles. The molecule has 0 aliphatic carbocycles. The lowest BCUT2D eigenvalue weighted by atomic mass is 9.74. The summed E-state index contributed by atoms with van der Waals surface area (Å²) >= 11 is 0. The average molecular weight is 532 g/mol. The van der Waals surface area contributed by atoms with E-state index in [-0.39, 0.29) is 12.1 Å². The molecule has 10 heteroatoms. The molecule has 0 unspecified atom stereocenters. The number of carbonyl (C=O) groups is 1. The third-order valence-electron chi connectivity index (χ3n) is 7.55. The van der Waals surface area contributed by atoms with Crippen LogP contribution in [0.4, 0.5) is 18.9 Å². The van der Waals surface area contributed by atoms with Crippen LogP contribution in [-0.2, 0) is 4.79 Å². The van der Waals surface area contributed by atoms with Gasteiger partial charge in [-0.1, -0.05) is 0 Å². The van der Waals surface area contributed by atoms with Gasteiger partial charge < -0.3 is 25.2 Å². The van der Waals surface area contributed by atoms with Gasteiger partial charge in [-0.2, -0.15) is 0 Å². The van der Waals surface area contributed by atoms with E-state index in [0.717, 1.165) is 34.2 Å². The smallest absolute Gasteiger partial charge is 0.309 e. The molecule has 0 bridgehead atoms. The van der Waals surface area contributed by atoms with E-state index < -0.39 is 34.9 Å². The second kappa shape index (κ2) is 11.6. The van der Waals surface area contributed by atoms with Crippen molar-refractivity contribution in [1.29, 1.82) is 0 Å². The first-order valence-electron chi connectivity index (χ1n) is 12.6. The third-order valence-corrected chi connectivity index (χ3v) is 7.55. The molecule has 2 aromatic carbocycles. The van der Waals surface area contributed by atoms with E-state index >= 15 is 0 Å². The van der Waals surface area contributed by atoms with Gasteiger partial charge in [0.25, 0.3) is 0 Å². The van der Waals surface area contributed by atoms with Gasteiger partial charge in [0, 0.05) is 42.5 Å². The number of aliphatic hydroxyl groups is 1. The number of nitrogens with one attached hydrogen (secondary N) is 1. The van der Waals surface area contributed by atoms with Gasteiger partial charge in [-0.25, -0.2) is 13.2 Å². The maximum absolute atomic E-state index is 13.4. The van der Waals surface area contributed by atoms with Gasteiger partial charge in [-0.15, -0.1) is 0 Å². The fourth-order valence-electron chi connectivity index (χ4n) is 5.21. The number of carboxylic acid groups (broad SMARTS) is 1. The highest BCUT2D eigenvalue weighted by Crippen LogP contribution is 2.40. The van der Waals surface area contributed by atoms with E-state index in [4.69, 9.17) is 4.74 Å². The van der Waals surface area contributed by atoms with Crippen molar-refractivity contribution in [2.75, 3.05) is 38.6 Å². The molecular formula is C28H32F3N3O4. The minimum Gasteiger partial charge on any atom is -0.497 e. The number of aliphatic carboxylic acids is 1. The van der Waals surface area contributed by atoms with Crippen molar-refractivity contribution in [1.82, 2.24) is 9.88 Å². The molecule has 204 valence electrons. The number of ether oxygens (including phenoxy) is 1. The van der Waals surface area contributed by atoms with Gasteiger partial charge >= 0.3 is 5.97 Å². The van der Waals surface area contributed by atoms with E-state index in [0.29, 0.717) is 51.2 Å². The minimum atomic E-state index is -1.51. The predicted octanol–water partition coefficient (Wildman–Crippen LogP) is 5.06. The SMILES string of the molecule is COc1ccc2ncc(C)c([C@@H](O)CCC3(C(=O)O)CCN(CCNc4cc(F)c(F)c(F)c4)CC3)c2c1. The van der Waals surface area contributed by atoms with Crippen LogP contribution < -0.4 is 10.1 Å². The monoisotopic (exact) mass is 531 g/mol. The zero-order chi connectivity index (χ0) is 27.4. The molecule has 3 aromatic rings. The molecule has 1 atom stereocenters. The Balaban J connectivity index is 1.36. The Morgan fingerprint density at radius 2 is 1.87 bits per heavy atom. The van der Waals surface area contributed by atoms with Crippen LogP contribution in [0.3, 0.4) is 0 Å². The lowest BCUT2D eigenvalue weighted by molar-refractivity contribution is -0.153. The summed E-state index contributed by atoms with van der Waals surface area (Å²) < 4.78 is 45.3. The number of hydrogen-bond acceptors (Lipinski definition) is 6. The average Bonchev–Trinajstić information content (AvgIpc) is 2.90. The maximum atomic E-state index is 13.4. The number of aliphatic hydroxyl groups excluding tert-OH is 1. The molecule has 1 fully saturated rings. The van der Waals surface area contributed by atoms with Crippen LogP contribution in [0, 0.1) is 29.8 Å². The highest BCUT2D eigenvalue weighted by molar-refractivity contribution is 5.85. The first-order chi connectivity index (χ1) is 18.1. The molecule has 0 saturated carbocycles. The number of hydrogen-bond donors (Lipinski definition) is 3. The fraction of sp³-hybridized carbons (Fsp3) is 0.429. The first-order valence-corrected chi connectivity index (χ1v) is 12.6. The Hall–Kier alpha value is -3.37. The highest BCUT2D eigenvalue weighted by atomic mass is 19.2. The van der Waals surface area contributed by atoms with Crippen LogP contribution in [-0.4, -0.2) is 59.4 Å². The number of benzene rings is 2. The van der Waals surface area contributed by atoms with Crippen molar-refractivity contribution in [3.05, 3.63) is 65.1 Å². The number of fused-ring (bicyclic) bond motifs is 1. The fourth-order valence-corrected chi connectivity index (χ4v) is 5.21. The van der Waals surface area contributed by atoms with E-state index in [2.05, 4.69) is 15.2 Å². The quantitative estimate of drug-likeness (QED) is 0.315. The van der Waals surface area contributed by atoms with E-state index in [1.807, 2.05) is 19.1 Å². The number of piperidine rings is 1. The lowest BCUT2D eigenvalue weighted by Crippen LogP contribution is -2.45. The summed E-state index contributed by atoms with van der Waals surface area (Å²) in [6.07, 6.45) is 2.28. The molecule has 1 aliphatic heterocycles. The zero-order valence-corrected chi connectivity index (χ0v) is 21.4. The van der Waals surface area contributed by atoms with Gasteiger partial charge in [0.15, 0.2) is 17.5 Å². The van der Waals surface area contributed by atoms with Gasteiger partial charge in [0.05, 0.1) is 24.1 Å². The predicted molar refractivity (Wildman–Crippen MR) is 138 cm³/mol. The van der Waals surface area contributed by atoms with Crippen molar-refractivity contribution in [2.45, 2.75) is 38.7 Å². The Bertz CT molecular complexity index is 1290. The second-order valence-electron chi connectivity index (χ2n) is 9.90. The molecule has 4 rings (SSSR count). The molecule has 3 N–H and O–H groups in total. The van der Waals surface area contributed by atoms with Crippen molar-refractivity contribution in [2.24, 2.45) is 5.41 Å². The Morgan fingerprint density at radius 1 is 1.18 bits per heavy atom. The molecule has 1 aliphatic rings. The molecule has 38 heavy (non-hydrogen) atoms. The van der Waals surface area contributed by atoms with Gasteiger partial charge in [0.2, 0.25) is 0 Å². The molecule has 2 heterocycles. The van der Waals surface area contributed by atoms with Gasteiger partial charge in [-0.3, -0.25) is 9.78 Å². The van der Waals surface area contributed by atoms with Crippen molar-refractivity contribution in [3.8, 4) is 5.75 Å². The van der Waals surface area contributed by atoms with Crippen molar-refractivity contribution >= 4 is 22.6 Å². The van der Waals surface area contributed by atoms with E-state index in [9.17, 15) is 28.2 Å². The number of anilines is 1. The number of carboxylic acids is 1. The first kappa shape index (κ1) is 27.7. The summed E-state index contributed by atoms with van der Waals surface area (Å²) in [5.41, 5.74) is 1.47. The molecule has 1 saturated heterocycles. The summed E-state index contributed by atoms with van der Waals surface area (Å²) in [5.74, 6) is -4.25. The lowest BCUT2D eigenvalue weighted by Gasteiger charge is -2.39. The van der Waals surface area contributed by atoms with Crippen LogP contribution in [0.25, 0.3) is 10.9 Å².